The first kappa shape index (κ1) is 7.48. The van der Waals surface area contributed by atoms with Crippen LogP contribution in [0.4, 0.5) is 0 Å². The smallest absolute Gasteiger partial charge is 0.307 e. The summed E-state index contributed by atoms with van der Waals surface area (Å²) < 4.78 is 10.6. The zero-order valence-electron chi connectivity index (χ0n) is 4.71. The third-order valence-electron chi connectivity index (χ3n) is 0.311. The molecule has 0 aliphatic heterocycles. The van der Waals surface area contributed by atoms with Gasteiger partial charge in [-0.1, -0.05) is 5.25 Å². The Balaban J connectivity index is 3.45. The van der Waals surface area contributed by atoms with Crippen LogP contribution in [0.2, 0.25) is 0 Å². The van der Waals surface area contributed by atoms with Crippen molar-refractivity contribution < 1.29 is 9.40 Å². The van der Waals surface area contributed by atoms with Crippen LogP contribution in [0.3, 0.4) is 0 Å². The highest BCUT2D eigenvalue weighted by Gasteiger charge is 2.03. The van der Waals surface area contributed by atoms with Crippen LogP contribution in [0.1, 0.15) is 0 Å². The van der Waals surface area contributed by atoms with Crippen LogP contribution < -0.4 is 5.25 Å². The van der Waals surface area contributed by atoms with Gasteiger partial charge in [-0.15, -0.1) is 5.26 Å². The summed E-state index contributed by atoms with van der Waals surface area (Å²) in [5.41, 5.74) is 0. The average molecular weight is 134 g/mol. The second kappa shape index (κ2) is 2.71. The summed E-state index contributed by atoms with van der Waals surface area (Å²) >= 11 is 0. The van der Waals surface area contributed by atoms with Gasteiger partial charge in [0.2, 0.25) is 0 Å². The molecule has 8 heavy (non-hydrogen) atoms. The number of rotatable bonds is 2. The molecule has 0 aromatic rings. The van der Waals surface area contributed by atoms with Gasteiger partial charge in [-0.2, -0.15) is 0 Å². The van der Waals surface area contributed by atoms with E-state index in [0.717, 1.165) is 0 Å². The highest BCUT2D eigenvalue weighted by atomic mass is 31.2. The molecular weight excluding hydrogens is 127 g/mol. The van der Waals surface area contributed by atoms with Gasteiger partial charge < -0.3 is 9.40 Å². The Bertz CT molecular complexity index is 144. The number of nitrogens with zero attached hydrogens (tertiary/aromatic N) is 1. The van der Waals surface area contributed by atoms with Crippen LogP contribution in [0, 0.1) is 11.5 Å². The molecule has 0 aromatic carbocycles. The van der Waals surface area contributed by atoms with E-state index in [1.807, 2.05) is 0 Å². The van der Waals surface area contributed by atoms with Crippen LogP contribution in [0.15, 0.2) is 0 Å². The van der Waals surface area contributed by atoms with Crippen LogP contribution in [0.25, 0.3) is 0 Å². The highest BCUT2D eigenvalue weighted by molar-refractivity contribution is 7.60. The molecule has 0 aromatic heterocycles. The van der Waals surface area contributed by atoms with Crippen molar-refractivity contribution in [2.75, 3.05) is 13.3 Å². The molecule has 0 atom stereocenters. The molecule has 0 saturated carbocycles. The molecule has 0 saturated heterocycles. The summed E-state index contributed by atoms with van der Waals surface area (Å²) in [5.74, 6) is 0. The third kappa shape index (κ3) is 5.48. The van der Waals surface area contributed by atoms with E-state index < -0.39 is 7.29 Å². The van der Waals surface area contributed by atoms with E-state index in [4.69, 9.17) is 5.26 Å². The quantitative estimate of drug-likeness (QED) is 0.340. The zero-order chi connectivity index (χ0) is 6.62. The highest BCUT2D eigenvalue weighted by Crippen LogP contribution is 2.28. The molecule has 0 radical (unpaired) electrons. The summed E-state index contributed by atoms with van der Waals surface area (Å²) in [4.78, 5) is 3.99. The maximum Gasteiger partial charge on any atom is 0.307 e. The summed E-state index contributed by atoms with van der Waals surface area (Å²) in [6, 6.07) is 0. The largest absolute Gasteiger partial charge is 0.323 e. The van der Waals surface area contributed by atoms with Gasteiger partial charge in [0.25, 0.3) is 0 Å². The van der Waals surface area contributed by atoms with Crippen molar-refractivity contribution in [2.45, 2.75) is 0 Å². The molecular formula is C3H7N2O2P. The molecule has 0 bridgehead atoms. The van der Waals surface area contributed by atoms with Crippen molar-refractivity contribution in [3.63, 3.8) is 0 Å². The molecule has 5 heteroatoms. The van der Waals surface area contributed by atoms with E-state index in [9.17, 15) is 4.57 Å². The summed E-state index contributed by atoms with van der Waals surface area (Å²) in [5, 5.41) is 9.84. The second-order valence-corrected chi connectivity index (χ2v) is 4.52. The topological polar surface area (TPSA) is 62.1 Å². The maximum absolute atomic E-state index is 10.6. The van der Waals surface area contributed by atoms with Crippen molar-refractivity contribution in [2.24, 2.45) is 0 Å². The number of hydrogen-bond donors (Lipinski definition) is 1. The summed E-state index contributed by atoms with van der Waals surface area (Å²) in [6.45, 7) is 2.93. The lowest BCUT2D eigenvalue weighted by molar-refractivity contribution is 0.222. The van der Waals surface area contributed by atoms with Gasteiger partial charge in [0.15, 0.2) is 7.29 Å². The third-order valence-corrected chi connectivity index (χ3v) is 0.842. The van der Waals surface area contributed by atoms with Crippen molar-refractivity contribution >= 4 is 7.29 Å². The van der Waals surface area contributed by atoms with Gasteiger partial charge >= 0.3 is 6.26 Å². The second-order valence-electron chi connectivity index (χ2n) is 1.64. The van der Waals surface area contributed by atoms with Crippen LogP contribution in [-0.2, 0) is 9.40 Å². The van der Waals surface area contributed by atoms with Crippen LogP contribution >= 0.6 is 7.29 Å². The van der Waals surface area contributed by atoms with Gasteiger partial charge in [-0.05, 0) is 0 Å². The van der Waals surface area contributed by atoms with E-state index in [-0.39, 0.29) is 0 Å². The molecule has 0 aliphatic carbocycles. The van der Waals surface area contributed by atoms with Gasteiger partial charge in [0.05, 0.1) is 0 Å². The Labute approximate surface area is 47.8 Å². The van der Waals surface area contributed by atoms with Gasteiger partial charge in [-0.3, -0.25) is 0 Å². The van der Waals surface area contributed by atoms with E-state index in [1.54, 1.807) is 0 Å². The van der Waals surface area contributed by atoms with Gasteiger partial charge in [0.1, 0.15) is 0 Å². The Morgan fingerprint density at radius 3 is 2.38 bits per heavy atom. The van der Waals surface area contributed by atoms with Crippen molar-refractivity contribution in [1.82, 2.24) is 5.25 Å². The van der Waals surface area contributed by atoms with Crippen molar-refractivity contribution in [3.05, 3.63) is 0 Å². The molecule has 4 nitrogen and oxygen atoms in total. The fourth-order valence-corrected chi connectivity index (χ4v) is 0.391. The van der Waals surface area contributed by atoms with E-state index in [2.05, 4.69) is 10.1 Å². The lowest BCUT2D eigenvalue weighted by atomic mass is 11.6. The fraction of sp³-hybridized carbons (Fsp3) is 0.667. The minimum absolute atomic E-state index is 1.34. The fourth-order valence-electron chi connectivity index (χ4n) is 0.130. The van der Waals surface area contributed by atoms with Gasteiger partial charge in [-0.25, -0.2) is 0 Å². The minimum atomic E-state index is -2.38. The normalized spacial score (nSPS) is 10.1. The molecule has 0 rings (SSSR count). The minimum Gasteiger partial charge on any atom is -0.323 e. The molecule has 0 unspecified atom stereocenters. The molecule has 0 aliphatic rings. The Morgan fingerprint density at radius 2 is 2.25 bits per heavy atom. The average Bonchev–Trinajstić information content (AvgIpc) is 1.59. The molecule has 0 spiro atoms. The van der Waals surface area contributed by atoms with E-state index in [0.29, 0.717) is 0 Å². The lowest BCUT2D eigenvalue weighted by Crippen LogP contribution is -2.04. The predicted octanol–water partition coefficient (Wildman–Crippen LogP) is 0.526. The van der Waals surface area contributed by atoms with E-state index >= 15 is 0 Å². The number of hydrogen-bond acceptors (Lipinski definition) is 3. The number of nitriles is 1. The first-order valence-corrected chi connectivity index (χ1v) is 4.53. The molecule has 0 fully saturated rings. The van der Waals surface area contributed by atoms with Crippen molar-refractivity contribution in [3.8, 4) is 6.26 Å². The van der Waals surface area contributed by atoms with Crippen LogP contribution in [-0.4, -0.2) is 13.3 Å². The Hall–Kier alpha value is -0.520. The monoisotopic (exact) mass is 134 g/mol. The van der Waals surface area contributed by atoms with Crippen LogP contribution in [0.5, 0.6) is 0 Å². The molecule has 1 N–H and O–H groups in total. The summed E-state index contributed by atoms with van der Waals surface area (Å²) in [6.07, 6.45) is 1.34. The maximum atomic E-state index is 10.6. The Kier molecular flexibility index (Phi) is 2.53. The van der Waals surface area contributed by atoms with Crippen molar-refractivity contribution in [1.29, 1.82) is 5.26 Å². The van der Waals surface area contributed by atoms with Gasteiger partial charge in [0, 0.05) is 13.3 Å². The molecule has 0 heterocycles. The van der Waals surface area contributed by atoms with E-state index in [1.165, 1.54) is 19.6 Å². The lowest BCUT2D eigenvalue weighted by Gasteiger charge is -2.01. The zero-order valence-corrected chi connectivity index (χ0v) is 5.61. The summed E-state index contributed by atoms with van der Waals surface area (Å²) in [7, 11) is -2.38. The predicted molar refractivity (Wildman–Crippen MR) is 29.3 cm³/mol. The molecule has 0 amide bonds. The Morgan fingerprint density at radius 1 is 1.75 bits per heavy atom. The SMILES string of the molecule is CP(C)(=O)NOC#N. The number of nitrogens with one attached hydrogen (secondary N) is 1. The first-order valence-electron chi connectivity index (χ1n) is 1.93. The first-order chi connectivity index (χ1) is 3.56. The standard InChI is InChI=1S/C3H7N2O2P/c1-8(2,6)5-7-3-4/h1-2H3,(H,5,6). The molecule has 46 valence electrons.